The fourth-order valence-corrected chi connectivity index (χ4v) is 2.35. The molecule has 0 aliphatic carbocycles. The summed E-state index contributed by atoms with van der Waals surface area (Å²) in [6.07, 6.45) is 1.79. The maximum absolute atomic E-state index is 11.4. The van der Waals surface area contributed by atoms with E-state index in [1.165, 1.54) is 11.8 Å². The second-order valence-electron chi connectivity index (χ2n) is 3.13. The van der Waals surface area contributed by atoms with Crippen molar-refractivity contribution in [2.45, 2.75) is 0 Å². The number of ether oxygens (including phenoxy) is 1. The fraction of sp³-hybridized carbons (Fsp3) is 0.0909. The monoisotopic (exact) mass is 251 g/mol. The van der Waals surface area contributed by atoms with Gasteiger partial charge in [0.15, 0.2) is 0 Å². The summed E-state index contributed by atoms with van der Waals surface area (Å²) in [5, 5.41) is 2.57. The molecule has 2 rings (SSSR count). The van der Waals surface area contributed by atoms with Crippen molar-refractivity contribution in [3.05, 3.63) is 34.7 Å². The molecule has 1 aliphatic rings. The van der Waals surface area contributed by atoms with Crippen LogP contribution in [0.4, 0.5) is 0 Å². The molecule has 1 saturated heterocycles. The molecular formula is C11H9NO2S2. The van der Waals surface area contributed by atoms with Crippen molar-refractivity contribution >= 4 is 40.3 Å². The quantitative estimate of drug-likeness (QED) is 0.646. The van der Waals surface area contributed by atoms with Crippen LogP contribution in [-0.4, -0.2) is 17.3 Å². The van der Waals surface area contributed by atoms with Gasteiger partial charge in [-0.1, -0.05) is 36.1 Å². The van der Waals surface area contributed by atoms with E-state index in [4.69, 9.17) is 17.0 Å². The van der Waals surface area contributed by atoms with Crippen LogP contribution in [0.5, 0.6) is 5.75 Å². The Labute approximate surface area is 103 Å². The third-order valence-corrected chi connectivity index (χ3v) is 3.20. The van der Waals surface area contributed by atoms with E-state index in [0.29, 0.717) is 9.23 Å². The Kier molecular flexibility index (Phi) is 3.26. The number of carbonyl (C=O) groups excluding carboxylic acids is 1. The molecule has 0 saturated carbocycles. The third kappa shape index (κ3) is 2.43. The standard InChI is InChI=1S/C11H9NO2S2/c1-14-8-4-2-3-7(5-8)6-9-10(13)12-11(15)16-9/h2-6H,1H3,(H,12,13,15). The normalized spacial score (nSPS) is 17.7. The van der Waals surface area contributed by atoms with E-state index in [1.807, 2.05) is 24.3 Å². The van der Waals surface area contributed by atoms with Gasteiger partial charge in [-0.05, 0) is 23.8 Å². The van der Waals surface area contributed by atoms with Crippen molar-refractivity contribution in [1.29, 1.82) is 0 Å². The number of carbonyl (C=O) groups is 1. The highest BCUT2D eigenvalue weighted by molar-refractivity contribution is 8.26. The lowest BCUT2D eigenvalue weighted by molar-refractivity contribution is -0.115. The van der Waals surface area contributed by atoms with Crippen molar-refractivity contribution in [3.8, 4) is 5.75 Å². The molecule has 0 aromatic heterocycles. The number of rotatable bonds is 2. The van der Waals surface area contributed by atoms with Crippen molar-refractivity contribution < 1.29 is 9.53 Å². The van der Waals surface area contributed by atoms with E-state index >= 15 is 0 Å². The number of thioether (sulfide) groups is 1. The van der Waals surface area contributed by atoms with Crippen molar-refractivity contribution in [2.24, 2.45) is 0 Å². The summed E-state index contributed by atoms with van der Waals surface area (Å²) in [5.41, 5.74) is 0.918. The second-order valence-corrected chi connectivity index (χ2v) is 4.85. The van der Waals surface area contributed by atoms with Gasteiger partial charge in [-0.15, -0.1) is 0 Å². The van der Waals surface area contributed by atoms with Gasteiger partial charge in [-0.2, -0.15) is 0 Å². The summed E-state index contributed by atoms with van der Waals surface area (Å²) in [5.74, 6) is 0.623. The van der Waals surface area contributed by atoms with Gasteiger partial charge in [0.25, 0.3) is 5.91 Å². The molecule has 0 spiro atoms. The Morgan fingerprint density at radius 3 is 2.94 bits per heavy atom. The number of hydrogen-bond acceptors (Lipinski definition) is 4. The first kappa shape index (κ1) is 11.2. The van der Waals surface area contributed by atoms with Crippen LogP contribution in [-0.2, 0) is 4.79 Å². The number of nitrogens with one attached hydrogen (secondary N) is 1. The van der Waals surface area contributed by atoms with Gasteiger partial charge in [-0.3, -0.25) is 4.79 Å². The van der Waals surface area contributed by atoms with Crippen LogP contribution in [0.25, 0.3) is 6.08 Å². The molecule has 82 valence electrons. The van der Waals surface area contributed by atoms with Crippen molar-refractivity contribution in [1.82, 2.24) is 5.32 Å². The first-order valence-electron chi connectivity index (χ1n) is 4.58. The predicted octanol–water partition coefficient (Wildman–Crippen LogP) is 2.18. The molecular weight excluding hydrogens is 242 g/mol. The van der Waals surface area contributed by atoms with Gasteiger partial charge in [0.2, 0.25) is 0 Å². The lowest BCUT2D eigenvalue weighted by Gasteiger charge is -2.00. The summed E-state index contributed by atoms with van der Waals surface area (Å²) < 4.78 is 5.60. The molecule has 1 aromatic rings. The molecule has 0 atom stereocenters. The molecule has 5 heteroatoms. The van der Waals surface area contributed by atoms with Gasteiger partial charge in [-0.25, -0.2) is 0 Å². The summed E-state index contributed by atoms with van der Waals surface area (Å²) in [6, 6.07) is 7.50. The van der Waals surface area contributed by atoms with E-state index in [-0.39, 0.29) is 5.91 Å². The average Bonchev–Trinajstić information content (AvgIpc) is 2.58. The Morgan fingerprint density at radius 2 is 2.31 bits per heavy atom. The molecule has 0 radical (unpaired) electrons. The fourth-order valence-electron chi connectivity index (χ4n) is 1.30. The molecule has 1 N–H and O–H groups in total. The topological polar surface area (TPSA) is 38.3 Å². The number of methoxy groups -OCH3 is 1. The average molecular weight is 251 g/mol. The number of amides is 1. The maximum Gasteiger partial charge on any atom is 0.263 e. The first-order chi connectivity index (χ1) is 7.69. The summed E-state index contributed by atoms with van der Waals surface area (Å²) in [7, 11) is 1.61. The molecule has 16 heavy (non-hydrogen) atoms. The van der Waals surface area contributed by atoms with Gasteiger partial charge < -0.3 is 10.1 Å². The molecule has 3 nitrogen and oxygen atoms in total. The highest BCUT2D eigenvalue weighted by Gasteiger charge is 2.21. The van der Waals surface area contributed by atoms with E-state index in [2.05, 4.69) is 5.32 Å². The zero-order chi connectivity index (χ0) is 11.5. The summed E-state index contributed by atoms with van der Waals surface area (Å²) in [6.45, 7) is 0. The number of thiocarbonyl (C=S) groups is 1. The zero-order valence-electron chi connectivity index (χ0n) is 8.52. The van der Waals surface area contributed by atoms with Crippen molar-refractivity contribution in [2.75, 3.05) is 7.11 Å². The largest absolute Gasteiger partial charge is 0.497 e. The SMILES string of the molecule is COc1cccc(C=C2SC(=S)NC2=O)c1. The Morgan fingerprint density at radius 1 is 1.50 bits per heavy atom. The van der Waals surface area contributed by atoms with Crippen LogP contribution in [0.3, 0.4) is 0 Å². The van der Waals surface area contributed by atoms with Crippen LogP contribution in [0, 0.1) is 0 Å². The van der Waals surface area contributed by atoms with Crippen LogP contribution < -0.4 is 10.1 Å². The number of benzene rings is 1. The van der Waals surface area contributed by atoms with Crippen LogP contribution in [0.15, 0.2) is 29.2 Å². The lowest BCUT2D eigenvalue weighted by Crippen LogP contribution is -2.17. The van der Waals surface area contributed by atoms with Crippen LogP contribution >= 0.6 is 24.0 Å². The highest BCUT2D eigenvalue weighted by Crippen LogP contribution is 2.26. The Bertz CT molecular complexity index is 483. The summed E-state index contributed by atoms with van der Waals surface area (Å²) >= 11 is 6.18. The zero-order valence-corrected chi connectivity index (χ0v) is 10.2. The van der Waals surface area contributed by atoms with E-state index < -0.39 is 0 Å². The minimum Gasteiger partial charge on any atom is -0.497 e. The van der Waals surface area contributed by atoms with Gasteiger partial charge in [0.1, 0.15) is 10.1 Å². The maximum atomic E-state index is 11.4. The Hall–Kier alpha value is -1.33. The first-order valence-corrected chi connectivity index (χ1v) is 5.80. The minimum atomic E-state index is -0.141. The number of hydrogen-bond donors (Lipinski definition) is 1. The Balaban J connectivity index is 2.28. The summed E-state index contributed by atoms with van der Waals surface area (Å²) in [4.78, 5) is 12.0. The van der Waals surface area contributed by atoms with Gasteiger partial charge >= 0.3 is 0 Å². The molecule has 1 amide bonds. The van der Waals surface area contributed by atoms with E-state index in [0.717, 1.165) is 11.3 Å². The van der Waals surface area contributed by atoms with Gasteiger partial charge in [0.05, 0.1) is 12.0 Å². The molecule has 0 unspecified atom stereocenters. The van der Waals surface area contributed by atoms with Crippen LogP contribution in [0.1, 0.15) is 5.56 Å². The van der Waals surface area contributed by atoms with Crippen LogP contribution in [0.2, 0.25) is 0 Å². The van der Waals surface area contributed by atoms with E-state index in [1.54, 1.807) is 13.2 Å². The highest BCUT2D eigenvalue weighted by atomic mass is 32.2. The molecule has 1 aromatic carbocycles. The third-order valence-electron chi connectivity index (χ3n) is 2.03. The molecule has 0 bridgehead atoms. The van der Waals surface area contributed by atoms with E-state index in [9.17, 15) is 4.79 Å². The lowest BCUT2D eigenvalue weighted by atomic mass is 10.2. The smallest absolute Gasteiger partial charge is 0.263 e. The predicted molar refractivity (Wildman–Crippen MR) is 69.3 cm³/mol. The minimum absolute atomic E-state index is 0.141. The van der Waals surface area contributed by atoms with Gasteiger partial charge in [0, 0.05) is 0 Å². The molecule has 1 heterocycles. The van der Waals surface area contributed by atoms with Crippen molar-refractivity contribution in [3.63, 3.8) is 0 Å². The molecule has 1 fully saturated rings. The molecule has 1 aliphatic heterocycles. The second kappa shape index (κ2) is 4.67.